The lowest BCUT2D eigenvalue weighted by molar-refractivity contribution is -0.122. The maximum atomic E-state index is 11.7. The third kappa shape index (κ3) is 3.47. The molecule has 2 N–H and O–H groups in total. The maximum absolute atomic E-state index is 11.7. The highest BCUT2D eigenvalue weighted by atomic mass is 32.2. The van der Waals surface area contributed by atoms with Crippen molar-refractivity contribution in [1.29, 1.82) is 0 Å². The van der Waals surface area contributed by atoms with Gasteiger partial charge >= 0.3 is 0 Å². The molecule has 1 saturated heterocycles. The van der Waals surface area contributed by atoms with Gasteiger partial charge in [-0.1, -0.05) is 6.92 Å². The van der Waals surface area contributed by atoms with Crippen molar-refractivity contribution in [1.82, 2.24) is 5.32 Å². The summed E-state index contributed by atoms with van der Waals surface area (Å²) in [6.45, 7) is 2.24. The number of piperidine rings is 1. The Hall–Kier alpha value is -1.56. The summed E-state index contributed by atoms with van der Waals surface area (Å²) in [7, 11) is -3.14. The zero-order valence-corrected chi connectivity index (χ0v) is 11.7. The van der Waals surface area contributed by atoms with Crippen LogP contribution in [0, 0.1) is 0 Å². The number of hydrogen-bond acceptors (Lipinski definition) is 4. The summed E-state index contributed by atoms with van der Waals surface area (Å²) in [4.78, 5) is 11.4. The molecule has 1 amide bonds. The fourth-order valence-corrected chi connectivity index (χ4v) is 2.90. The highest BCUT2D eigenvalue weighted by Gasteiger charge is 2.17. The molecule has 2 rings (SSSR count). The Morgan fingerprint density at radius 3 is 2.53 bits per heavy atom. The molecule has 1 aromatic carbocycles. The van der Waals surface area contributed by atoms with E-state index in [1.54, 1.807) is 31.2 Å². The monoisotopic (exact) mass is 282 g/mol. The second-order valence-corrected chi connectivity index (χ2v) is 6.89. The molecule has 6 heteroatoms. The molecule has 0 aromatic heterocycles. The molecule has 1 heterocycles. The molecule has 0 saturated carbocycles. The summed E-state index contributed by atoms with van der Waals surface area (Å²) in [5, 5.41) is 6.09. The van der Waals surface area contributed by atoms with E-state index in [0.717, 1.165) is 12.1 Å². The Kier molecular flexibility index (Phi) is 4.09. The summed E-state index contributed by atoms with van der Waals surface area (Å²) in [5.74, 6) is 0.191. The Labute approximate surface area is 113 Å². The Balaban J connectivity index is 2.01. The Bertz CT molecular complexity index is 542. The first kappa shape index (κ1) is 13.9. The minimum absolute atomic E-state index is 0.0856. The molecule has 1 aliphatic heterocycles. The van der Waals surface area contributed by atoms with Crippen molar-refractivity contribution in [3.8, 4) is 0 Å². The highest BCUT2D eigenvalue weighted by Crippen LogP contribution is 2.17. The summed E-state index contributed by atoms with van der Waals surface area (Å²) in [5.41, 5.74) is 0.871. The Morgan fingerprint density at radius 1 is 1.32 bits per heavy atom. The van der Waals surface area contributed by atoms with E-state index < -0.39 is 9.84 Å². The van der Waals surface area contributed by atoms with Crippen LogP contribution < -0.4 is 10.6 Å². The van der Waals surface area contributed by atoms with Crippen LogP contribution in [0.2, 0.25) is 0 Å². The first-order chi connectivity index (χ1) is 9.01. The average Bonchev–Trinajstić information content (AvgIpc) is 2.42. The molecule has 0 aliphatic carbocycles. The molecule has 1 unspecified atom stereocenters. The quantitative estimate of drug-likeness (QED) is 0.869. The van der Waals surface area contributed by atoms with E-state index in [-0.39, 0.29) is 17.7 Å². The highest BCUT2D eigenvalue weighted by molar-refractivity contribution is 7.91. The normalized spacial score (nSPS) is 19.8. The molecule has 0 radical (unpaired) electrons. The SMILES string of the molecule is CCS(=O)(=O)c1ccc(NC2CCC(=O)NC2)cc1. The number of hydrogen-bond donors (Lipinski definition) is 2. The van der Waals surface area contributed by atoms with Crippen LogP contribution >= 0.6 is 0 Å². The van der Waals surface area contributed by atoms with Crippen LogP contribution in [-0.4, -0.2) is 32.7 Å². The number of sulfone groups is 1. The lowest BCUT2D eigenvalue weighted by atomic mass is 10.1. The number of nitrogens with one attached hydrogen (secondary N) is 2. The van der Waals surface area contributed by atoms with Gasteiger partial charge in [-0.2, -0.15) is 0 Å². The number of amides is 1. The summed E-state index contributed by atoms with van der Waals surface area (Å²) in [6.07, 6.45) is 1.32. The first-order valence-corrected chi connectivity index (χ1v) is 8.02. The minimum atomic E-state index is -3.14. The number of anilines is 1. The van der Waals surface area contributed by atoms with E-state index in [1.165, 1.54) is 0 Å². The minimum Gasteiger partial charge on any atom is -0.381 e. The lowest BCUT2D eigenvalue weighted by Crippen LogP contribution is -2.41. The van der Waals surface area contributed by atoms with Crippen LogP contribution in [0.25, 0.3) is 0 Å². The molecule has 1 aromatic rings. The van der Waals surface area contributed by atoms with Crippen molar-refractivity contribution in [3.63, 3.8) is 0 Å². The van der Waals surface area contributed by atoms with E-state index in [0.29, 0.717) is 17.9 Å². The molecule has 0 bridgehead atoms. The van der Waals surface area contributed by atoms with Gasteiger partial charge in [0.2, 0.25) is 5.91 Å². The molecular weight excluding hydrogens is 264 g/mol. The lowest BCUT2D eigenvalue weighted by Gasteiger charge is -2.24. The first-order valence-electron chi connectivity index (χ1n) is 6.37. The maximum Gasteiger partial charge on any atom is 0.220 e. The van der Waals surface area contributed by atoms with E-state index in [1.807, 2.05) is 0 Å². The van der Waals surface area contributed by atoms with Crippen LogP contribution in [0.4, 0.5) is 5.69 Å². The van der Waals surface area contributed by atoms with Gasteiger partial charge in [0.15, 0.2) is 9.84 Å². The van der Waals surface area contributed by atoms with Crippen LogP contribution in [0.15, 0.2) is 29.2 Å². The number of carbonyl (C=O) groups is 1. The van der Waals surface area contributed by atoms with Crippen LogP contribution in [0.3, 0.4) is 0 Å². The van der Waals surface area contributed by atoms with Gasteiger partial charge < -0.3 is 10.6 Å². The van der Waals surface area contributed by atoms with Crippen molar-refractivity contribution in [2.75, 3.05) is 17.6 Å². The van der Waals surface area contributed by atoms with Gasteiger partial charge in [-0.05, 0) is 30.7 Å². The number of rotatable bonds is 4. The number of benzene rings is 1. The molecule has 5 nitrogen and oxygen atoms in total. The van der Waals surface area contributed by atoms with Gasteiger partial charge in [-0.15, -0.1) is 0 Å². The smallest absolute Gasteiger partial charge is 0.220 e. The third-order valence-electron chi connectivity index (χ3n) is 3.23. The predicted molar refractivity (Wildman–Crippen MR) is 73.8 cm³/mol. The zero-order chi connectivity index (χ0) is 13.9. The van der Waals surface area contributed by atoms with Gasteiger partial charge in [0.05, 0.1) is 10.6 Å². The van der Waals surface area contributed by atoms with Crippen molar-refractivity contribution < 1.29 is 13.2 Å². The molecule has 19 heavy (non-hydrogen) atoms. The van der Waals surface area contributed by atoms with E-state index in [2.05, 4.69) is 10.6 Å². The van der Waals surface area contributed by atoms with Gasteiger partial charge in [0.1, 0.15) is 0 Å². The Morgan fingerprint density at radius 2 is 2.00 bits per heavy atom. The zero-order valence-electron chi connectivity index (χ0n) is 10.8. The predicted octanol–water partition coefficient (Wildman–Crippen LogP) is 1.17. The standard InChI is InChI=1S/C13H18N2O3S/c1-2-19(17,18)12-6-3-10(4-7-12)15-11-5-8-13(16)14-9-11/h3-4,6-7,11,15H,2,5,8-9H2,1H3,(H,14,16). The topological polar surface area (TPSA) is 75.3 Å². The van der Waals surface area contributed by atoms with Crippen molar-refractivity contribution in [3.05, 3.63) is 24.3 Å². The van der Waals surface area contributed by atoms with Crippen molar-refractivity contribution in [2.45, 2.75) is 30.7 Å². The third-order valence-corrected chi connectivity index (χ3v) is 4.98. The van der Waals surface area contributed by atoms with E-state index in [4.69, 9.17) is 0 Å². The summed E-state index contributed by atoms with van der Waals surface area (Å²) < 4.78 is 23.3. The van der Waals surface area contributed by atoms with Gasteiger partial charge in [-0.3, -0.25) is 4.79 Å². The largest absolute Gasteiger partial charge is 0.381 e. The molecule has 1 aliphatic rings. The fourth-order valence-electron chi connectivity index (χ4n) is 2.02. The summed E-state index contributed by atoms with van der Waals surface area (Å²) >= 11 is 0. The molecule has 0 spiro atoms. The summed E-state index contributed by atoms with van der Waals surface area (Å²) in [6, 6.07) is 6.95. The molecule has 1 atom stereocenters. The van der Waals surface area contributed by atoms with E-state index >= 15 is 0 Å². The molecule has 104 valence electrons. The van der Waals surface area contributed by atoms with Gasteiger partial charge in [0.25, 0.3) is 0 Å². The van der Waals surface area contributed by atoms with Crippen molar-refractivity contribution in [2.24, 2.45) is 0 Å². The van der Waals surface area contributed by atoms with Crippen LogP contribution in [0.5, 0.6) is 0 Å². The van der Waals surface area contributed by atoms with Crippen LogP contribution in [0.1, 0.15) is 19.8 Å². The van der Waals surface area contributed by atoms with Crippen LogP contribution in [-0.2, 0) is 14.6 Å². The fraction of sp³-hybridized carbons (Fsp3) is 0.462. The van der Waals surface area contributed by atoms with Gasteiger partial charge in [-0.25, -0.2) is 8.42 Å². The average molecular weight is 282 g/mol. The second kappa shape index (κ2) is 5.61. The second-order valence-electron chi connectivity index (χ2n) is 4.61. The van der Waals surface area contributed by atoms with E-state index in [9.17, 15) is 13.2 Å². The molecule has 1 fully saturated rings. The van der Waals surface area contributed by atoms with Gasteiger partial charge in [0, 0.05) is 24.7 Å². The molecular formula is C13H18N2O3S. The number of carbonyl (C=O) groups excluding carboxylic acids is 1. The van der Waals surface area contributed by atoms with Crippen molar-refractivity contribution >= 4 is 21.4 Å².